The van der Waals surface area contributed by atoms with E-state index in [-0.39, 0.29) is 11.4 Å². The number of phenols is 1. The predicted molar refractivity (Wildman–Crippen MR) is 104 cm³/mol. The van der Waals surface area contributed by atoms with Crippen LogP contribution in [0.15, 0.2) is 42.6 Å². The van der Waals surface area contributed by atoms with Gasteiger partial charge < -0.3 is 15.2 Å². The third-order valence-corrected chi connectivity index (χ3v) is 4.96. The van der Waals surface area contributed by atoms with Gasteiger partial charge in [0.25, 0.3) is 0 Å². The maximum Gasteiger partial charge on any atom is 0.352 e. The van der Waals surface area contributed by atoms with E-state index in [1.807, 2.05) is 25.1 Å². The average Bonchev–Trinajstić information content (AvgIpc) is 3.25. The fourth-order valence-electron chi connectivity index (χ4n) is 3.47. The highest BCUT2D eigenvalue weighted by Crippen LogP contribution is 2.41. The first-order valence-electron chi connectivity index (χ1n) is 8.40. The molecule has 0 fully saturated rings. The topological polar surface area (TPSA) is 102 Å². The van der Waals surface area contributed by atoms with Gasteiger partial charge in [-0.15, -0.1) is 0 Å². The smallest absolute Gasteiger partial charge is 0.352 e. The number of aromatic hydroxyl groups is 1. The molecule has 0 saturated carbocycles. The van der Waals surface area contributed by atoms with Crippen LogP contribution in [0.25, 0.3) is 33.3 Å². The van der Waals surface area contributed by atoms with Gasteiger partial charge in [-0.05, 0) is 36.2 Å². The average molecular weight is 382 g/mol. The summed E-state index contributed by atoms with van der Waals surface area (Å²) in [5, 5.41) is 27.6. The molecule has 6 nitrogen and oxygen atoms in total. The first-order valence-corrected chi connectivity index (χ1v) is 8.78. The number of carboxylic acid groups (broad SMARTS) is 1. The zero-order valence-corrected chi connectivity index (χ0v) is 15.1. The molecule has 27 heavy (non-hydrogen) atoms. The van der Waals surface area contributed by atoms with Crippen molar-refractivity contribution in [2.75, 3.05) is 0 Å². The number of hydrogen-bond donors (Lipinski definition) is 4. The van der Waals surface area contributed by atoms with Gasteiger partial charge in [-0.1, -0.05) is 30.7 Å². The second-order valence-electron chi connectivity index (χ2n) is 6.19. The number of H-pyrrole nitrogens is 2. The minimum absolute atomic E-state index is 0.0256. The summed E-state index contributed by atoms with van der Waals surface area (Å²) in [4.78, 5) is 15.0. The van der Waals surface area contributed by atoms with Crippen molar-refractivity contribution >= 4 is 28.5 Å². The number of benzene rings is 2. The monoisotopic (exact) mass is 381 g/mol. The third kappa shape index (κ3) is 2.74. The molecule has 2 heterocycles. The molecule has 0 unspecified atom stereocenters. The number of rotatable bonds is 4. The standard InChI is InChI=1S/C20H16ClN3O3/c1-2-11-17(13-7-6-10(25)8-15(13)21)19(20(26)27)23-18(11)12-4-3-5-16-14(12)9-22-24-16/h3-9,23,25H,2H2,1H3,(H,22,24)(H,26,27). The quantitative estimate of drug-likeness (QED) is 0.406. The van der Waals surface area contributed by atoms with Gasteiger partial charge in [-0.25, -0.2) is 4.79 Å². The normalized spacial score (nSPS) is 11.2. The number of nitrogens with zero attached hydrogens (tertiary/aromatic N) is 1. The van der Waals surface area contributed by atoms with Crippen LogP contribution in [-0.2, 0) is 6.42 Å². The number of fused-ring (bicyclic) bond motifs is 1. The lowest BCUT2D eigenvalue weighted by Crippen LogP contribution is -1.99. The highest BCUT2D eigenvalue weighted by molar-refractivity contribution is 6.33. The third-order valence-electron chi connectivity index (χ3n) is 4.65. The summed E-state index contributed by atoms with van der Waals surface area (Å²) in [6.45, 7) is 1.96. The Bertz CT molecular complexity index is 1180. The number of halogens is 1. The highest BCUT2D eigenvalue weighted by Gasteiger charge is 2.25. The zero-order chi connectivity index (χ0) is 19.1. The van der Waals surface area contributed by atoms with Crippen molar-refractivity contribution in [3.63, 3.8) is 0 Å². The van der Waals surface area contributed by atoms with E-state index in [4.69, 9.17) is 11.6 Å². The lowest BCUT2D eigenvalue weighted by molar-refractivity contribution is 0.0692. The molecule has 0 atom stereocenters. The lowest BCUT2D eigenvalue weighted by atomic mass is 9.95. The van der Waals surface area contributed by atoms with Gasteiger partial charge in [0.2, 0.25) is 0 Å². The molecular formula is C20H16ClN3O3. The lowest BCUT2D eigenvalue weighted by Gasteiger charge is -2.09. The number of carbonyl (C=O) groups is 1. The number of phenolic OH excluding ortho intramolecular Hbond substituents is 1. The number of aromatic amines is 2. The first-order chi connectivity index (χ1) is 13.0. The summed E-state index contributed by atoms with van der Waals surface area (Å²) in [5.74, 6) is -1.05. The minimum atomic E-state index is -1.07. The van der Waals surface area contributed by atoms with Crippen molar-refractivity contribution in [3.8, 4) is 28.1 Å². The number of aromatic carboxylic acids is 1. The van der Waals surface area contributed by atoms with Crippen LogP contribution in [0.4, 0.5) is 0 Å². The van der Waals surface area contributed by atoms with E-state index in [2.05, 4.69) is 15.2 Å². The molecule has 7 heteroatoms. The van der Waals surface area contributed by atoms with Crippen molar-refractivity contribution in [1.29, 1.82) is 0 Å². The summed E-state index contributed by atoms with van der Waals surface area (Å²) in [6, 6.07) is 10.3. The molecular weight excluding hydrogens is 366 g/mol. The molecule has 4 rings (SSSR count). The summed E-state index contributed by atoms with van der Waals surface area (Å²) < 4.78 is 0. The zero-order valence-electron chi connectivity index (χ0n) is 14.4. The van der Waals surface area contributed by atoms with Crippen molar-refractivity contribution in [2.24, 2.45) is 0 Å². The van der Waals surface area contributed by atoms with Gasteiger partial charge in [0.05, 0.1) is 22.4 Å². The molecule has 0 aliphatic rings. The number of hydrogen-bond acceptors (Lipinski definition) is 3. The van der Waals surface area contributed by atoms with E-state index in [0.717, 1.165) is 27.7 Å². The van der Waals surface area contributed by atoms with Crippen LogP contribution in [0.5, 0.6) is 5.75 Å². The van der Waals surface area contributed by atoms with Gasteiger partial charge in [0.15, 0.2) is 0 Å². The van der Waals surface area contributed by atoms with E-state index < -0.39 is 5.97 Å². The largest absolute Gasteiger partial charge is 0.508 e. The van der Waals surface area contributed by atoms with Crippen LogP contribution in [0.2, 0.25) is 5.02 Å². The summed E-state index contributed by atoms with van der Waals surface area (Å²) in [6.07, 6.45) is 2.32. The maximum absolute atomic E-state index is 12.0. The summed E-state index contributed by atoms with van der Waals surface area (Å²) in [5.41, 5.74) is 4.45. The van der Waals surface area contributed by atoms with Crippen LogP contribution >= 0.6 is 11.6 Å². The Kier molecular flexibility index (Phi) is 4.12. The van der Waals surface area contributed by atoms with Crippen LogP contribution in [0, 0.1) is 0 Å². The van der Waals surface area contributed by atoms with Gasteiger partial charge in [0.1, 0.15) is 11.4 Å². The van der Waals surface area contributed by atoms with E-state index in [9.17, 15) is 15.0 Å². The molecule has 0 spiro atoms. The van der Waals surface area contributed by atoms with Gasteiger partial charge in [0, 0.05) is 22.1 Å². The van der Waals surface area contributed by atoms with E-state index in [0.29, 0.717) is 22.6 Å². The molecule has 0 radical (unpaired) electrons. The highest BCUT2D eigenvalue weighted by atomic mass is 35.5. The molecule has 136 valence electrons. The molecule has 0 amide bonds. The molecule has 4 aromatic rings. The molecule has 0 bridgehead atoms. The molecule has 2 aromatic heterocycles. The van der Waals surface area contributed by atoms with Crippen LogP contribution in [0.1, 0.15) is 23.0 Å². The Morgan fingerprint density at radius 3 is 2.74 bits per heavy atom. The molecule has 4 N–H and O–H groups in total. The first kappa shape index (κ1) is 17.2. The Morgan fingerprint density at radius 2 is 2.04 bits per heavy atom. The molecule has 0 aliphatic carbocycles. The van der Waals surface area contributed by atoms with E-state index in [1.165, 1.54) is 12.1 Å². The molecule has 0 aliphatic heterocycles. The number of carboxylic acids is 1. The predicted octanol–water partition coefficient (Wildman–Crippen LogP) is 4.84. The number of nitrogens with one attached hydrogen (secondary N) is 2. The van der Waals surface area contributed by atoms with Crippen LogP contribution < -0.4 is 0 Å². The Balaban J connectivity index is 2.06. The van der Waals surface area contributed by atoms with Gasteiger partial charge >= 0.3 is 5.97 Å². The van der Waals surface area contributed by atoms with Crippen molar-refractivity contribution in [2.45, 2.75) is 13.3 Å². The SMILES string of the molecule is CCc1c(-c2cccc3[nH]ncc23)[nH]c(C(=O)O)c1-c1ccc(O)cc1Cl. The summed E-state index contributed by atoms with van der Waals surface area (Å²) >= 11 is 6.32. The van der Waals surface area contributed by atoms with Gasteiger partial charge in [-0.2, -0.15) is 5.10 Å². The molecule has 0 saturated heterocycles. The summed E-state index contributed by atoms with van der Waals surface area (Å²) in [7, 11) is 0. The van der Waals surface area contributed by atoms with Crippen molar-refractivity contribution < 1.29 is 15.0 Å². The second kappa shape index (κ2) is 6.48. The van der Waals surface area contributed by atoms with E-state index >= 15 is 0 Å². The Hall–Kier alpha value is -3.25. The van der Waals surface area contributed by atoms with Crippen molar-refractivity contribution in [3.05, 3.63) is 58.9 Å². The van der Waals surface area contributed by atoms with Crippen LogP contribution in [-0.4, -0.2) is 31.4 Å². The number of aromatic nitrogens is 3. The fourth-order valence-corrected chi connectivity index (χ4v) is 3.74. The molecule has 2 aromatic carbocycles. The Labute approximate surface area is 159 Å². The fraction of sp³-hybridized carbons (Fsp3) is 0.100. The van der Waals surface area contributed by atoms with E-state index in [1.54, 1.807) is 12.3 Å². The maximum atomic E-state index is 12.0. The van der Waals surface area contributed by atoms with Gasteiger partial charge in [-0.3, -0.25) is 5.10 Å². The van der Waals surface area contributed by atoms with Crippen LogP contribution in [0.3, 0.4) is 0 Å². The second-order valence-corrected chi connectivity index (χ2v) is 6.60. The van der Waals surface area contributed by atoms with Crippen molar-refractivity contribution in [1.82, 2.24) is 15.2 Å². The Morgan fingerprint density at radius 1 is 1.22 bits per heavy atom. The minimum Gasteiger partial charge on any atom is -0.508 e.